The third-order valence-electron chi connectivity index (χ3n) is 3.73. The number of fused-ring (bicyclic) bond motifs is 1. The zero-order valence-corrected chi connectivity index (χ0v) is 9.80. The Kier molecular flexibility index (Phi) is 1.93. The lowest BCUT2D eigenvalue weighted by Crippen LogP contribution is -2.10. The minimum atomic E-state index is -0.398. The van der Waals surface area contributed by atoms with Crippen LogP contribution < -0.4 is 0 Å². The molecular weight excluding hydrogens is 198 g/mol. The Morgan fingerprint density at radius 1 is 1.31 bits per heavy atom. The van der Waals surface area contributed by atoms with Crippen molar-refractivity contribution in [1.29, 1.82) is 0 Å². The molecule has 2 aromatic rings. The van der Waals surface area contributed by atoms with Crippen molar-refractivity contribution in [3.05, 3.63) is 35.0 Å². The van der Waals surface area contributed by atoms with Crippen LogP contribution in [0.2, 0.25) is 0 Å². The summed E-state index contributed by atoms with van der Waals surface area (Å²) >= 11 is 0. The molecule has 1 aliphatic carbocycles. The van der Waals surface area contributed by atoms with E-state index in [2.05, 4.69) is 37.0 Å². The van der Waals surface area contributed by atoms with E-state index in [1.807, 2.05) is 0 Å². The quantitative estimate of drug-likeness (QED) is 0.794. The van der Waals surface area contributed by atoms with Gasteiger partial charge in [0.25, 0.3) is 0 Å². The number of aromatic nitrogens is 1. The van der Waals surface area contributed by atoms with E-state index in [1.54, 1.807) is 0 Å². The zero-order chi connectivity index (χ0) is 11.3. The van der Waals surface area contributed by atoms with Gasteiger partial charge in [0.05, 0.1) is 5.60 Å². The van der Waals surface area contributed by atoms with Crippen LogP contribution in [-0.2, 0) is 6.42 Å². The summed E-state index contributed by atoms with van der Waals surface area (Å²) in [5.74, 6) is 0. The Bertz CT molecular complexity index is 549. The molecule has 0 bridgehead atoms. The van der Waals surface area contributed by atoms with Gasteiger partial charge in [0, 0.05) is 23.0 Å². The number of benzene rings is 1. The van der Waals surface area contributed by atoms with Crippen LogP contribution in [0.4, 0.5) is 0 Å². The van der Waals surface area contributed by atoms with Crippen molar-refractivity contribution >= 4 is 10.9 Å². The molecule has 2 N–H and O–H groups in total. The molecule has 0 amide bonds. The lowest BCUT2D eigenvalue weighted by Gasteiger charge is -2.07. The van der Waals surface area contributed by atoms with Crippen molar-refractivity contribution in [2.45, 2.75) is 38.7 Å². The van der Waals surface area contributed by atoms with Crippen LogP contribution in [0, 0.1) is 13.8 Å². The van der Waals surface area contributed by atoms with Gasteiger partial charge in [0.15, 0.2) is 0 Å². The third kappa shape index (κ3) is 1.54. The lowest BCUT2D eigenvalue weighted by atomic mass is 10.0. The van der Waals surface area contributed by atoms with Crippen LogP contribution in [0.3, 0.4) is 0 Å². The number of H-pyrrole nitrogens is 1. The SMILES string of the molecule is Cc1[nH]c2cc(CC3(O)CC3)ccc2c1C. The second-order valence-corrected chi connectivity index (χ2v) is 5.16. The van der Waals surface area contributed by atoms with E-state index in [1.165, 1.54) is 27.7 Å². The molecule has 0 radical (unpaired) electrons. The molecule has 1 aromatic carbocycles. The first kappa shape index (κ1) is 9.91. The molecule has 0 saturated heterocycles. The van der Waals surface area contributed by atoms with Crippen LogP contribution in [0.1, 0.15) is 29.7 Å². The van der Waals surface area contributed by atoms with Gasteiger partial charge in [0.2, 0.25) is 0 Å². The first-order chi connectivity index (χ1) is 7.57. The van der Waals surface area contributed by atoms with Crippen LogP contribution in [0.15, 0.2) is 18.2 Å². The normalized spacial score (nSPS) is 17.9. The lowest BCUT2D eigenvalue weighted by molar-refractivity contribution is 0.151. The number of aromatic amines is 1. The van der Waals surface area contributed by atoms with Crippen molar-refractivity contribution in [3.8, 4) is 0 Å². The third-order valence-corrected chi connectivity index (χ3v) is 3.73. The van der Waals surface area contributed by atoms with Gasteiger partial charge >= 0.3 is 0 Å². The van der Waals surface area contributed by atoms with Gasteiger partial charge in [-0.1, -0.05) is 12.1 Å². The average Bonchev–Trinajstić information content (AvgIpc) is 2.88. The molecule has 16 heavy (non-hydrogen) atoms. The second kappa shape index (κ2) is 3.11. The minimum absolute atomic E-state index is 0.398. The first-order valence-corrected chi connectivity index (χ1v) is 5.88. The molecule has 0 aliphatic heterocycles. The fourth-order valence-electron chi connectivity index (χ4n) is 2.33. The van der Waals surface area contributed by atoms with Crippen LogP contribution in [0.5, 0.6) is 0 Å². The monoisotopic (exact) mass is 215 g/mol. The van der Waals surface area contributed by atoms with Gasteiger partial charge in [0.1, 0.15) is 0 Å². The van der Waals surface area contributed by atoms with E-state index in [9.17, 15) is 5.11 Å². The van der Waals surface area contributed by atoms with Crippen LogP contribution >= 0.6 is 0 Å². The van der Waals surface area contributed by atoms with E-state index >= 15 is 0 Å². The van der Waals surface area contributed by atoms with Crippen LogP contribution in [0.25, 0.3) is 10.9 Å². The molecule has 0 spiro atoms. The molecule has 1 fully saturated rings. The fourth-order valence-corrected chi connectivity index (χ4v) is 2.33. The summed E-state index contributed by atoms with van der Waals surface area (Å²) in [6, 6.07) is 6.47. The Hall–Kier alpha value is -1.28. The highest BCUT2D eigenvalue weighted by molar-refractivity contribution is 5.84. The van der Waals surface area contributed by atoms with Crippen molar-refractivity contribution in [2.24, 2.45) is 0 Å². The highest BCUT2D eigenvalue weighted by atomic mass is 16.3. The largest absolute Gasteiger partial charge is 0.390 e. The van der Waals surface area contributed by atoms with Gasteiger partial charge in [-0.05, 0) is 43.9 Å². The fraction of sp³-hybridized carbons (Fsp3) is 0.429. The van der Waals surface area contributed by atoms with Crippen molar-refractivity contribution < 1.29 is 5.11 Å². The molecule has 2 nitrogen and oxygen atoms in total. The molecule has 2 heteroatoms. The topological polar surface area (TPSA) is 36.0 Å². The first-order valence-electron chi connectivity index (χ1n) is 5.88. The summed E-state index contributed by atoms with van der Waals surface area (Å²) < 4.78 is 0. The maximum Gasteiger partial charge on any atom is 0.0690 e. The Morgan fingerprint density at radius 2 is 2.06 bits per heavy atom. The molecule has 1 heterocycles. The molecular formula is C14H17NO. The van der Waals surface area contributed by atoms with Crippen molar-refractivity contribution in [1.82, 2.24) is 4.98 Å². The van der Waals surface area contributed by atoms with Gasteiger partial charge < -0.3 is 10.1 Å². The summed E-state index contributed by atoms with van der Waals surface area (Å²) in [6.45, 7) is 4.24. The molecule has 3 rings (SSSR count). The highest BCUT2D eigenvalue weighted by Crippen LogP contribution is 2.38. The van der Waals surface area contributed by atoms with E-state index < -0.39 is 5.60 Å². The number of hydrogen-bond acceptors (Lipinski definition) is 1. The van der Waals surface area contributed by atoms with Gasteiger partial charge in [-0.25, -0.2) is 0 Å². The average molecular weight is 215 g/mol. The maximum atomic E-state index is 9.90. The van der Waals surface area contributed by atoms with E-state index in [-0.39, 0.29) is 0 Å². The Balaban J connectivity index is 2.02. The van der Waals surface area contributed by atoms with E-state index in [0.29, 0.717) is 0 Å². The predicted octanol–water partition coefficient (Wildman–Crippen LogP) is 2.85. The molecule has 84 valence electrons. The molecule has 1 saturated carbocycles. The number of hydrogen-bond donors (Lipinski definition) is 2. The van der Waals surface area contributed by atoms with E-state index in [4.69, 9.17) is 0 Å². The Morgan fingerprint density at radius 3 is 2.75 bits per heavy atom. The standard InChI is InChI=1S/C14H17NO/c1-9-10(2)15-13-7-11(3-4-12(9)13)8-14(16)5-6-14/h3-4,7,15-16H,5-6,8H2,1-2H3. The zero-order valence-electron chi connectivity index (χ0n) is 9.80. The number of aliphatic hydroxyl groups is 1. The second-order valence-electron chi connectivity index (χ2n) is 5.16. The van der Waals surface area contributed by atoms with Crippen LogP contribution in [-0.4, -0.2) is 15.7 Å². The summed E-state index contributed by atoms with van der Waals surface area (Å²) in [5.41, 5.74) is 4.58. The van der Waals surface area contributed by atoms with Gasteiger partial charge in [-0.15, -0.1) is 0 Å². The van der Waals surface area contributed by atoms with E-state index in [0.717, 1.165) is 19.3 Å². The summed E-state index contributed by atoms with van der Waals surface area (Å²) in [5, 5.41) is 11.2. The van der Waals surface area contributed by atoms with Crippen molar-refractivity contribution in [3.63, 3.8) is 0 Å². The summed E-state index contributed by atoms with van der Waals surface area (Å²) in [6.07, 6.45) is 2.70. The molecule has 0 unspecified atom stereocenters. The molecule has 0 atom stereocenters. The number of rotatable bonds is 2. The number of nitrogens with one attached hydrogen (secondary N) is 1. The smallest absolute Gasteiger partial charge is 0.0690 e. The molecule has 1 aliphatic rings. The summed E-state index contributed by atoms with van der Waals surface area (Å²) in [7, 11) is 0. The molecule has 1 aromatic heterocycles. The maximum absolute atomic E-state index is 9.90. The van der Waals surface area contributed by atoms with Gasteiger partial charge in [-0.3, -0.25) is 0 Å². The van der Waals surface area contributed by atoms with Crippen molar-refractivity contribution in [2.75, 3.05) is 0 Å². The predicted molar refractivity (Wildman–Crippen MR) is 65.7 cm³/mol. The summed E-state index contributed by atoms with van der Waals surface area (Å²) in [4.78, 5) is 3.39. The highest BCUT2D eigenvalue weighted by Gasteiger charge is 2.40. The number of aryl methyl sites for hydroxylation is 2. The minimum Gasteiger partial charge on any atom is -0.390 e. The van der Waals surface area contributed by atoms with Gasteiger partial charge in [-0.2, -0.15) is 0 Å². The Labute approximate surface area is 95.3 Å².